The third kappa shape index (κ3) is 2.92. The third-order valence-corrected chi connectivity index (χ3v) is 5.12. The lowest BCUT2D eigenvalue weighted by Crippen LogP contribution is -2.26. The molecule has 0 spiro atoms. The lowest BCUT2D eigenvalue weighted by molar-refractivity contribution is -0.110. The average Bonchev–Trinajstić information content (AvgIpc) is 3.17. The van der Waals surface area contributed by atoms with Gasteiger partial charge in [0.2, 0.25) is 0 Å². The van der Waals surface area contributed by atoms with Crippen LogP contribution >= 0.6 is 11.8 Å². The lowest BCUT2D eigenvalue weighted by atomic mass is 10.1. The molecule has 5 nitrogen and oxygen atoms in total. The number of benzene rings is 1. The molecule has 1 atom stereocenters. The van der Waals surface area contributed by atoms with Gasteiger partial charge in [-0.15, -0.1) is 0 Å². The first kappa shape index (κ1) is 15.0. The van der Waals surface area contributed by atoms with E-state index in [1.807, 2.05) is 30.3 Å². The van der Waals surface area contributed by atoms with Crippen molar-refractivity contribution < 1.29 is 9.59 Å². The van der Waals surface area contributed by atoms with E-state index in [1.54, 1.807) is 23.9 Å². The van der Waals surface area contributed by atoms with Gasteiger partial charge in [-0.25, -0.2) is 0 Å². The first-order valence-corrected chi connectivity index (χ1v) is 8.61. The molecule has 1 amide bonds. The Morgan fingerprint density at radius 1 is 1.29 bits per heavy atom. The monoisotopic (exact) mass is 337 g/mol. The quantitative estimate of drug-likeness (QED) is 0.843. The number of hydrogen-bond acceptors (Lipinski definition) is 4. The Morgan fingerprint density at radius 2 is 2.17 bits per heavy atom. The van der Waals surface area contributed by atoms with Crippen molar-refractivity contribution in [2.45, 2.75) is 11.8 Å². The van der Waals surface area contributed by atoms with Crippen LogP contribution in [-0.2, 0) is 4.79 Å². The molecule has 1 aromatic heterocycles. The van der Waals surface area contributed by atoms with Crippen molar-refractivity contribution in [2.24, 2.45) is 4.99 Å². The van der Waals surface area contributed by atoms with Crippen LogP contribution in [0.3, 0.4) is 0 Å². The molecule has 4 rings (SSSR count). The molecule has 24 heavy (non-hydrogen) atoms. The average molecular weight is 337 g/mol. The molecule has 0 bridgehead atoms. The van der Waals surface area contributed by atoms with Crippen LogP contribution in [0.2, 0.25) is 0 Å². The Kier molecular flexibility index (Phi) is 3.82. The number of hydrogen-bond donors (Lipinski definition) is 2. The summed E-state index contributed by atoms with van der Waals surface area (Å²) in [4.78, 5) is 32.2. The number of carbonyl (C=O) groups is 2. The van der Waals surface area contributed by atoms with E-state index in [0.717, 1.165) is 27.9 Å². The SMILES string of the molecule is O=C1C=CC2=NC(CCNC(=O)c3cc4ccccc4[nH]3)SC2=C1. The molecule has 2 aliphatic rings. The molecule has 0 radical (unpaired) electrons. The number of aromatic amines is 1. The minimum atomic E-state index is -0.117. The fourth-order valence-electron chi connectivity index (χ4n) is 2.75. The second kappa shape index (κ2) is 6.13. The van der Waals surface area contributed by atoms with Crippen LogP contribution in [0, 0.1) is 0 Å². The highest BCUT2D eigenvalue weighted by atomic mass is 32.2. The number of ketones is 1. The van der Waals surface area contributed by atoms with Crippen molar-refractivity contribution in [3.63, 3.8) is 0 Å². The predicted molar refractivity (Wildman–Crippen MR) is 96.3 cm³/mol. The lowest BCUT2D eigenvalue weighted by Gasteiger charge is -2.07. The molecule has 1 aliphatic heterocycles. The van der Waals surface area contributed by atoms with E-state index in [-0.39, 0.29) is 17.1 Å². The summed E-state index contributed by atoms with van der Waals surface area (Å²) in [5.41, 5.74) is 2.38. The van der Waals surface area contributed by atoms with E-state index in [2.05, 4.69) is 15.3 Å². The Bertz CT molecular complexity index is 890. The van der Waals surface area contributed by atoms with Crippen molar-refractivity contribution >= 4 is 40.1 Å². The second-order valence-electron chi connectivity index (χ2n) is 5.65. The number of rotatable bonds is 4. The summed E-state index contributed by atoms with van der Waals surface area (Å²) in [6.45, 7) is 0.535. The maximum atomic E-state index is 12.2. The fraction of sp³-hybridized carbons (Fsp3) is 0.167. The summed E-state index contributed by atoms with van der Waals surface area (Å²) < 4.78 is 0. The van der Waals surface area contributed by atoms with Gasteiger partial charge >= 0.3 is 0 Å². The van der Waals surface area contributed by atoms with Gasteiger partial charge in [0.15, 0.2) is 5.78 Å². The van der Waals surface area contributed by atoms with Gasteiger partial charge in [0.05, 0.1) is 5.71 Å². The molecular weight excluding hydrogens is 322 g/mol. The molecule has 2 aromatic rings. The number of H-pyrrole nitrogens is 1. The molecule has 1 aromatic carbocycles. The number of aliphatic imine (C=N–C) groups is 1. The molecular formula is C18H15N3O2S. The van der Waals surface area contributed by atoms with Gasteiger partial charge in [0, 0.05) is 28.4 Å². The number of nitrogens with one attached hydrogen (secondary N) is 2. The minimum absolute atomic E-state index is 0.00390. The van der Waals surface area contributed by atoms with Gasteiger partial charge in [-0.3, -0.25) is 14.6 Å². The highest BCUT2D eigenvalue weighted by molar-refractivity contribution is 8.05. The summed E-state index contributed by atoms with van der Waals surface area (Å²) in [6, 6.07) is 9.65. The first-order chi connectivity index (χ1) is 11.7. The van der Waals surface area contributed by atoms with Gasteiger partial charge in [0.1, 0.15) is 11.1 Å². The summed E-state index contributed by atoms with van der Waals surface area (Å²) in [6.07, 6.45) is 5.63. The number of para-hydroxylation sites is 1. The number of nitrogens with zero attached hydrogens (tertiary/aromatic N) is 1. The Morgan fingerprint density at radius 3 is 3.04 bits per heavy atom. The van der Waals surface area contributed by atoms with Crippen LogP contribution in [-0.4, -0.2) is 34.3 Å². The molecule has 2 N–H and O–H groups in total. The summed E-state index contributed by atoms with van der Waals surface area (Å²) in [7, 11) is 0. The molecule has 1 aliphatic carbocycles. The van der Waals surface area contributed by atoms with E-state index in [9.17, 15) is 9.59 Å². The zero-order chi connectivity index (χ0) is 16.5. The summed E-state index contributed by atoms with van der Waals surface area (Å²) in [5, 5.41) is 3.99. The van der Waals surface area contributed by atoms with Crippen LogP contribution in [0.5, 0.6) is 0 Å². The molecule has 1 unspecified atom stereocenters. The van der Waals surface area contributed by atoms with Gasteiger partial charge < -0.3 is 10.3 Å². The second-order valence-corrected chi connectivity index (χ2v) is 6.87. The van der Waals surface area contributed by atoms with Crippen LogP contribution in [0.1, 0.15) is 16.9 Å². The van der Waals surface area contributed by atoms with Crippen molar-refractivity contribution in [1.82, 2.24) is 10.3 Å². The number of amides is 1. The molecule has 6 heteroatoms. The van der Waals surface area contributed by atoms with E-state index in [4.69, 9.17) is 0 Å². The standard InChI is InChI=1S/C18H15N3O2S/c22-12-5-6-14-16(10-12)24-17(21-14)7-8-19-18(23)15-9-11-3-1-2-4-13(11)20-15/h1-6,9-10,17,20H,7-8H2,(H,19,23). The molecule has 0 saturated heterocycles. The van der Waals surface area contributed by atoms with Gasteiger partial charge in [-0.2, -0.15) is 0 Å². The van der Waals surface area contributed by atoms with E-state index in [1.165, 1.54) is 6.08 Å². The Balaban J connectivity index is 1.34. The molecule has 0 fully saturated rings. The zero-order valence-electron chi connectivity index (χ0n) is 12.8. The molecule has 0 saturated carbocycles. The smallest absolute Gasteiger partial charge is 0.267 e. The number of allylic oxidation sites excluding steroid dienone is 4. The van der Waals surface area contributed by atoms with Crippen molar-refractivity contribution in [3.05, 3.63) is 59.2 Å². The maximum absolute atomic E-state index is 12.2. The summed E-state index contributed by atoms with van der Waals surface area (Å²) >= 11 is 1.58. The van der Waals surface area contributed by atoms with E-state index in [0.29, 0.717) is 12.2 Å². The van der Waals surface area contributed by atoms with E-state index >= 15 is 0 Å². The first-order valence-electron chi connectivity index (χ1n) is 7.73. The minimum Gasteiger partial charge on any atom is -0.351 e. The highest BCUT2D eigenvalue weighted by Gasteiger charge is 2.24. The molecule has 120 valence electrons. The van der Waals surface area contributed by atoms with Crippen LogP contribution in [0.15, 0.2) is 58.5 Å². The van der Waals surface area contributed by atoms with Crippen LogP contribution in [0.4, 0.5) is 0 Å². The molecule has 2 heterocycles. The third-order valence-electron chi connectivity index (χ3n) is 3.93. The van der Waals surface area contributed by atoms with Crippen LogP contribution in [0.25, 0.3) is 10.9 Å². The number of carbonyl (C=O) groups excluding carboxylic acids is 2. The maximum Gasteiger partial charge on any atom is 0.267 e. The topological polar surface area (TPSA) is 74.3 Å². The van der Waals surface area contributed by atoms with Gasteiger partial charge in [-0.05, 0) is 30.7 Å². The number of thioether (sulfide) groups is 1. The largest absolute Gasteiger partial charge is 0.351 e. The van der Waals surface area contributed by atoms with Crippen molar-refractivity contribution in [2.75, 3.05) is 6.54 Å². The van der Waals surface area contributed by atoms with Crippen LogP contribution < -0.4 is 5.32 Å². The highest BCUT2D eigenvalue weighted by Crippen LogP contribution is 2.35. The normalized spacial score (nSPS) is 19.2. The number of fused-ring (bicyclic) bond motifs is 2. The van der Waals surface area contributed by atoms with E-state index < -0.39 is 0 Å². The fourth-order valence-corrected chi connectivity index (χ4v) is 3.87. The van der Waals surface area contributed by atoms with Gasteiger partial charge in [0.25, 0.3) is 5.91 Å². The Hall–Kier alpha value is -2.60. The number of aromatic nitrogens is 1. The van der Waals surface area contributed by atoms with Gasteiger partial charge in [-0.1, -0.05) is 30.0 Å². The van der Waals surface area contributed by atoms with Crippen molar-refractivity contribution in [3.8, 4) is 0 Å². The Labute approximate surface area is 142 Å². The summed E-state index contributed by atoms with van der Waals surface area (Å²) in [5.74, 6) is -0.113. The predicted octanol–water partition coefficient (Wildman–Crippen LogP) is 2.82. The van der Waals surface area contributed by atoms with Crippen molar-refractivity contribution in [1.29, 1.82) is 0 Å². The zero-order valence-corrected chi connectivity index (χ0v) is 13.6.